The zero-order chi connectivity index (χ0) is 23.7. The Balaban J connectivity index is 1.44. The molecule has 0 saturated carbocycles. The summed E-state index contributed by atoms with van der Waals surface area (Å²) in [5.41, 5.74) is 4.06. The van der Waals surface area contributed by atoms with Crippen LogP contribution >= 0.6 is 0 Å². The summed E-state index contributed by atoms with van der Waals surface area (Å²) in [4.78, 5) is 6.90. The highest BCUT2D eigenvalue weighted by atomic mass is 32.2. The second kappa shape index (κ2) is 9.58. The minimum atomic E-state index is -3.59. The highest BCUT2D eigenvalue weighted by Crippen LogP contribution is 2.43. The molecule has 2 fully saturated rings. The molecule has 2 saturated heterocycles. The number of hydrogen-bond donors (Lipinski definition) is 1. The Morgan fingerprint density at radius 1 is 0.971 bits per heavy atom. The first kappa shape index (κ1) is 23.2. The summed E-state index contributed by atoms with van der Waals surface area (Å²) in [6.07, 6.45) is 5.34. The fraction of sp³-hybridized carbons (Fsp3) is 0.370. The number of sulfonamides is 1. The van der Waals surface area contributed by atoms with Crippen molar-refractivity contribution < 1.29 is 13.5 Å². The minimum absolute atomic E-state index is 0.00959. The summed E-state index contributed by atoms with van der Waals surface area (Å²) in [5, 5.41) is 10.2. The van der Waals surface area contributed by atoms with E-state index in [1.54, 1.807) is 22.6 Å². The van der Waals surface area contributed by atoms with E-state index in [0.717, 1.165) is 41.6 Å². The standard InChI is InChI=1S/C27H31N3O3S/c1-20-7-2-3-9-26(20)34(32,33)29-15-4-5-16-30-24(18-29)27(25(30)19-31)22-12-10-21(11-13-22)23-8-6-14-28-17-23/h2-3,6-14,17,24-25,27,31H,4-5,15-16,18-19H2,1H3/t24-,25+,27-/m0/s1. The van der Waals surface area contributed by atoms with Crippen LogP contribution in [0.5, 0.6) is 0 Å². The van der Waals surface area contributed by atoms with Crippen molar-refractivity contribution in [1.29, 1.82) is 0 Å². The Hall–Kier alpha value is -2.58. The normalized spacial score (nSPS) is 24.0. The molecule has 0 radical (unpaired) electrons. The van der Waals surface area contributed by atoms with Gasteiger partial charge >= 0.3 is 0 Å². The number of fused-ring (bicyclic) bond motifs is 1. The number of rotatable bonds is 5. The number of aryl methyl sites for hydroxylation is 1. The molecule has 0 unspecified atom stereocenters. The van der Waals surface area contributed by atoms with Crippen LogP contribution in [0, 0.1) is 6.92 Å². The molecule has 178 valence electrons. The lowest BCUT2D eigenvalue weighted by molar-refractivity contribution is -0.0553. The van der Waals surface area contributed by atoms with Gasteiger partial charge in [-0.2, -0.15) is 4.31 Å². The SMILES string of the molecule is Cc1ccccc1S(=O)(=O)N1CCCCN2[C@H](CO)[C@@H](c3ccc(-c4cccnc4)cc3)[C@@H]2C1. The lowest BCUT2D eigenvalue weighted by Gasteiger charge is -2.57. The number of aromatic nitrogens is 1. The zero-order valence-electron chi connectivity index (χ0n) is 19.4. The van der Waals surface area contributed by atoms with Crippen molar-refractivity contribution in [1.82, 2.24) is 14.2 Å². The van der Waals surface area contributed by atoms with Crippen LogP contribution in [0.25, 0.3) is 11.1 Å². The van der Waals surface area contributed by atoms with Gasteiger partial charge in [-0.25, -0.2) is 8.42 Å². The summed E-state index contributed by atoms with van der Waals surface area (Å²) >= 11 is 0. The first-order valence-electron chi connectivity index (χ1n) is 11.9. The maximum Gasteiger partial charge on any atom is 0.243 e. The largest absolute Gasteiger partial charge is 0.395 e. The number of benzene rings is 2. The molecule has 0 bridgehead atoms. The maximum absolute atomic E-state index is 13.6. The zero-order valence-corrected chi connectivity index (χ0v) is 20.2. The van der Waals surface area contributed by atoms with Crippen LogP contribution in [0.4, 0.5) is 0 Å². The first-order chi connectivity index (χ1) is 16.5. The van der Waals surface area contributed by atoms with Crippen LogP contribution in [0.1, 0.15) is 29.9 Å². The predicted octanol–water partition coefficient (Wildman–Crippen LogP) is 3.67. The molecule has 5 rings (SSSR count). The van der Waals surface area contributed by atoms with Crippen LogP contribution in [-0.4, -0.2) is 66.0 Å². The Morgan fingerprint density at radius 2 is 1.74 bits per heavy atom. The molecule has 6 nitrogen and oxygen atoms in total. The molecule has 3 aromatic rings. The molecule has 7 heteroatoms. The van der Waals surface area contributed by atoms with E-state index in [0.29, 0.717) is 18.0 Å². The van der Waals surface area contributed by atoms with Crippen molar-refractivity contribution >= 4 is 10.0 Å². The second-order valence-corrected chi connectivity index (χ2v) is 11.2. The maximum atomic E-state index is 13.6. The van der Waals surface area contributed by atoms with Gasteiger partial charge in [0.1, 0.15) is 0 Å². The smallest absolute Gasteiger partial charge is 0.243 e. The van der Waals surface area contributed by atoms with Crippen molar-refractivity contribution in [2.75, 3.05) is 26.2 Å². The first-order valence-corrected chi connectivity index (χ1v) is 13.4. The van der Waals surface area contributed by atoms with Crippen molar-refractivity contribution in [2.24, 2.45) is 0 Å². The van der Waals surface area contributed by atoms with Gasteiger partial charge in [-0.15, -0.1) is 0 Å². The van der Waals surface area contributed by atoms with E-state index >= 15 is 0 Å². The number of aliphatic hydroxyl groups is 1. The van der Waals surface area contributed by atoms with Crippen molar-refractivity contribution in [3.8, 4) is 11.1 Å². The van der Waals surface area contributed by atoms with E-state index in [1.807, 2.05) is 37.4 Å². The molecule has 3 heterocycles. The van der Waals surface area contributed by atoms with Gasteiger partial charge in [0.05, 0.1) is 11.5 Å². The molecule has 34 heavy (non-hydrogen) atoms. The quantitative estimate of drug-likeness (QED) is 0.607. The molecule has 2 aliphatic heterocycles. The Kier molecular flexibility index (Phi) is 6.53. The minimum Gasteiger partial charge on any atom is -0.395 e. The molecule has 3 atom stereocenters. The van der Waals surface area contributed by atoms with Gasteiger partial charge in [-0.05, 0) is 60.7 Å². The number of pyridine rings is 1. The molecule has 1 aromatic heterocycles. The summed E-state index contributed by atoms with van der Waals surface area (Å²) in [6, 6.07) is 19.6. The molecule has 0 spiro atoms. The van der Waals surface area contributed by atoms with E-state index < -0.39 is 10.0 Å². The summed E-state index contributed by atoms with van der Waals surface area (Å²) in [6.45, 7) is 3.76. The van der Waals surface area contributed by atoms with Gasteiger partial charge < -0.3 is 5.11 Å². The molecule has 2 aliphatic rings. The van der Waals surface area contributed by atoms with Crippen molar-refractivity contribution in [2.45, 2.75) is 42.7 Å². The number of aliphatic hydroxyl groups excluding tert-OH is 1. The third-order valence-electron chi connectivity index (χ3n) is 7.33. The van der Waals surface area contributed by atoms with Gasteiger partial charge in [-0.1, -0.05) is 48.5 Å². The van der Waals surface area contributed by atoms with Crippen LogP contribution < -0.4 is 0 Å². The predicted molar refractivity (Wildman–Crippen MR) is 133 cm³/mol. The molecule has 2 aromatic carbocycles. The molecule has 1 N–H and O–H groups in total. The van der Waals surface area contributed by atoms with Crippen molar-refractivity contribution in [3.05, 3.63) is 84.2 Å². The van der Waals surface area contributed by atoms with Crippen LogP contribution in [0.2, 0.25) is 0 Å². The number of hydrogen-bond acceptors (Lipinski definition) is 5. The topological polar surface area (TPSA) is 73.7 Å². The average molecular weight is 478 g/mol. The fourth-order valence-corrected chi connectivity index (χ4v) is 7.27. The lowest BCUT2D eigenvalue weighted by Crippen LogP contribution is -2.67. The molecular formula is C27H31N3O3S. The van der Waals surface area contributed by atoms with Crippen LogP contribution in [0.15, 0.2) is 78.0 Å². The Morgan fingerprint density at radius 3 is 2.44 bits per heavy atom. The summed E-state index contributed by atoms with van der Waals surface area (Å²) < 4.78 is 28.9. The van der Waals surface area contributed by atoms with Gasteiger partial charge in [0.25, 0.3) is 0 Å². The van der Waals surface area contributed by atoms with Crippen LogP contribution in [-0.2, 0) is 10.0 Å². The summed E-state index contributed by atoms with van der Waals surface area (Å²) in [5.74, 6) is 0.0839. The molecule has 0 aliphatic carbocycles. The third kappa shape index (κ3) is 4.18. The van der Waals surface area contributed by atoms with Crippen molar-refractivity contribution in [3.63, 3.8) is 0 Å². The van der Waals surface area contributed by atoms with E-state index in [9.17, 15) is 13.5 Å². The Labute approximate surface area is 201 Å². The highest BCUT2D eigenvalue weighted by Gasteiger charge is 2.50. The summed E-state index contributed by atoms with van der Waals surface area (Å²) in [7, 11) is -3.59. The van der Waals surface area contributed by atoms with Gasteiger partial charge in [0.15, 0.2) is 0 Å². The van der Waals surface area contributed by atoms with Gasteiger partial charge in [0.2, 0.25) is 10.0 Å². The average Bonchev–Trinajstić information content (AvgIpc) is 2.84. The van der Waals surface area contributed by atoms with Gasteiger partial charge in [0, 0.05) is 43.5 Å². The van der Waals surface area contributed by atoms with E-state index in [4.69, 9.17) is 0 Å². The molecule has 0 amide bonds. The fourth-order valence-electron chi connectivity index (χ4n) is 5.54. The van der Waals surface area contributed by atoms with E-state index in [1.165, 1.54) is 0 Å². The third-order valence-corrected chi connectivity index (χ3v) is 9.36. The highest BCUT2D eigenvalue weighted by molar-refractivity contribution is 7.89. The lowest BCUT2D eigenvalue weighted by atomic mass is 9.74. The van der Waals surface area contributed by atoms with E-state index in [2.05, 4.69) is 34.1 Å². The molecular weight excluding hydrogens is 446 g/mol. The van der Waals surface area contributed by atoms with Gasteiger partial charge in [-0.3, -0.25) is 9.88 Å². The monoisotopic (exact) mass is 477 g/mol. The van der Waals surface area contributed by atoms with E-state index in [-0.39, 0.29) is 24.6 Å². The van der Waals surface area contributed by atoms with Crippen LogP contribution in [0.3, 0.4) is 0 Å². The Bertz CT molecular complexity index is 1230. The second-order valence-electron chi connectivity index (χ2n) is 9.28. The number of nitrogens with zero attached hydrogens (tertiary/aromatic N) is 3.